The summed E-state index contributed by atoms with van der Waals surface area (Å²) in [6, 6.07) is 6.26. The lowest BCUT2D eigenvalue weighted by Gasteiger charge is -2.43. The summed E-state index contributed by atoms with van der Waals surface area (Å²) in [5, 5.41) is 10.9. The molecule has 6 nitrogen and oxygen atoms in total. The molecule has 2 unspecified atom stereocenters. The molecule has 1 aromatic carbocycles. The van der Waals surface area contributed by atoms with Gasteiger partial charge in [-0.05, 0) is 31.0 Å². The largest absolute Gasteiger partial charge is 0.391 e. The second kappa shape index (κ2) is 6.77. The lowest BCUT2D eigenvalue weighted by atomic mass is 9.91. The van der Waals surface area contributed by atoms with Gasteiger partial charge in [0.05, 0.1) is 23.3 Å². The fraction of sp³-hybridized carbons (Fsp3) is 0.579. The molecule has 6 heteroatoms. The van der Waals surface area contributed by atoms with Gasteiger partial charge in [-0.2, -0.15) is 0 Å². The average molecular weight is 342 g/mol. The molecule has 1 saturated carbocycles. The third kappa shape index (κ3) is 3.16. The van der Waals surface area contributed by atoms with E-state index < -0.39 is 0 Å². The molecule has 2 atom stereocenters. The van der Waals surface area contributed by atoms with E-state index >= 15 is 0 Å². The zero-order chi connectivity index (χ0) is 17.4. The lowest BCUT2D eigenvalue weighted by molar-refractivity contribution is 0.0173. The number of rotatable bonds is 2. The van der Waals surface area contributed by atoms with Crippen molar-refractivity contribution in [1.29, 1.82) is 0 Å². The van der Waals surface area contributed by atoms with Gasteiger partial charge in [0.2, 0.25) is 0 Å². The van der Waals surface area contributed by atoms with Crippen molar-refractivity contribution in [3.05, 3.63) is 34.9 Å². The molecule has 1 aliphatic heterocycles. The predicted octanol–water partition coefficient (Wildman–Crippen LogP) is 1.36. The molecule has 2 aromatic rings. The van der Waals surface area contributed by atoms with Gasteiger partial charge in [0.1, 0.15) is 0 Å². The highest BCUT2D eigenvalue weighted by Crippen LogP contribution is 2.26. The Kier molecular flexibility index (Phi) is 4.48. The van der Waals surface area contributed by atoms with Gasteiger partial charge in [-0.3, -0.25) is 9.69 Å². The minimum Gasteiger partial charge on any atom is -0.391 e. The summed E-state index contributed by atoms with van der Waals surface area (Å²) in [6.45, 7) is 3.84. The van der Waals surface area contributed by atoms with Crippen LogP contribution in [0.5, 0.6) is 0 Å². The quantitative estimate of drug-likeness (QED) is 0.893. The number of nitrogens with zero attached hydrogens (tertiary/aromatic N) is 4. The maximum atomic E-state index is 12.1. The van der Waals surface area contributed by atoms with Crippen molar-refractivity contribution in [2.45, 2.75) is 37.8 Å². The number of benzene rings is 1. The standard InChI is InChI=1S/C19H26N4O2/c1-21-13-20-16-12-14(6-7-15(16)19(21)25)22-8-10-23(11-9-22)17-4-2-3-5-18(17)24/h6-7,12-13,17-18,24H,2-5,8-11H2,1H3. The maximum absolute atomic E-state index is 12.1. The van der Waals surface area contributed by atoms with E-state index in [1.807, 2.05) is 18.2 Å². The molecule has 2 heterocycles. The maximum Gasteiger partial charge on any atom is 0.260 e. The lowest BCUT2D eigenvalue weighted by Crippen LogP contribution is -2.54. The fourth-order valence-corrected chi connectivity index (χ4v) is 4.23. The number of hydrogen-bond acceptors (Lipinski definition) is 5. The average Bonchev–Trinajstić information content (AvgIpc) is 2.65. The first kappa shape index (κ1) is 16.5. The highest BCUT2D eigenvalue weighted by molar-refractivity contribution is 5.81. The fourth-order valence-electron chi connectivity index (χ4n) is 4.23. The van der Waals surface area contributed by atoms with Gasteiger partial charge < -0.3 is 14.6 Å². The van der Waals surface area contributed by atoms with E-state index in [0.717, 1.165) is 56.6 Å². The van der Waals surface area contributed by atoms with Crippen molar-refractivity contribution >= 4 is 16.6 Å². The molecule has 0 radical (unpaired) electrons. The number of aromatic nitrogens is 2. The van der Waals surface area contributed by atoms with Crippen LogP contribution >= 0.6 is 0 Å². The molecule has 4 rings (SSSR count). The van der Waals surface area contributed by atoms with Crippen LogP contribution in [0.25, 0.3) is 10.9 Å². The van der Waals surface area contributed by atoms with Crippen LogP contribution in [-0.4, -0.2) is 57.9 Å². The Balaban J connectivity index is 1.48. The Morgan fingerprint density at radius 1 is 1.12 bits per heavy atom. The summed E-state index contributed by atoms with van der Waals surface area (Å²) in [5.41, 5.74) is 1.87. The van der Waals surface area contributed by atoms with Crippen molar-refractivity contribution < 1.29 is 5.11 Å². The Labute approximate surface area is 147 Å². The molecular formula is C19H26N4O2. The third-order valence-corrected chi connectivity index (χ3v) is 5.74. The van der Waals surface area contributed by atoms with Crippen molar-refractivity contribution in [1.82, 2.24) is 14.5 Å². The van der Waals surface area contributed by atoms with Crippen LogP contribution in [0.1, 0.15) is 25.7 Å². The monoisotopic (exact) mass is 342 g/mol. The van der Waals surface area contributed by atoms with Crippen LogP contribution in [0.15, 0.2) is 29.3 Å². The van der Waals surface area contributed by atoms with Gasteiger partial charge in [0.15, 0.2) is 0 Å². The van der Waals surface area contributed by atoms with Crippen LogP contribution < -0.4 is 10.5 Å². The van der Waals surface area contributed by atoms with E-state index in [4.69, 9.17) is 0 Å². The molecule has 134 valence electrons. The van der Waals surface area contributed by atoms with E-state index in [9.17, 15) is 9.90 Å². The van der Waals surface area contributed by atoms with Crippen LogP contribution in [0.4, 0.5) is 5.69 Å². The number of fused-ring (bicyclic) bond motifs is 1. The van der Waals surface area contributed by atoms with Crippen LogP contribution in [0.2, 0.25) is 0 Å². The first-order valence-corrected chi connectivity index (χ1v) is 9.26. The molecule has 1 aromatic heterocycles. The molecule has 1 aliphatic carbocycles. The van der Waals surface area contributed by atoms with E-state index in [2.05, 4.69) is 14.8 Å². The zero-order valence-electron chi connectivity index (χ0n) is 14.8. The number of piperazine rings is 1. The predicted molar refractivity (Wildman–Crippen MR) is 99.0 cm³/mol. The van der Waals surface area contributed by atoms with Gasteiger partial charge in [-0.15, -0.1) is 0 Å². The molecule has 2 aliphatic rings. The summed E-state index contributed by atoms with van der Waals surface area (Å²) >= 11 is 0. The minimum atomic E-state index is -0.165. The molecule has 1 saturated heterocycles. The zero-order valence-corrected chi connectivity index (χ0v) is 14.8. The summed E-state index contributed by atoms with van der Waals surface area (Å²) in [7, 11) is 1.72. The highest BCUT2D eigenvalue weighted by Gasteiger charge is 2.30. The van der Waals surface area contributed by atoms with Crippen molar-refractivity contribution in [2.24, 2.45) is 7.05 Å². The summed E-state index contributed by atoms with van der Waals surface area (Å²) in [5.74, 6) is 0. The van der Waals surface area contributed by atoms with Crippen molar-refractivity contribution in [3.63, 3.8) is 0 Å². The van der Waals surface area contributed by atoms with Crippen LogP contribution in [0.3, 0.4) is 0 Å². The van der Waals surface area contributed by atoms with Crippen LogP contribution in [0, 0.1) is 0 Å². The Hall–Kier alpha value is -1.92. The number of aliphatic hydroxyl groups excluding tert-OH is 1. The molecule has 2 fully saturated rings. The van der Waals surface area contributed by atoms with Crippen molar-refractivity contribution in [3.8, 4) is 0 Å². The van der Waals surface area contributed by atoms with Gasteiger partial charge in [-0.25, -0.2) is 4.98 Å². The summed E-state index contributed by atoms with van der Waals surface area (Å²) < 4.78 is 1.51. The normalized spacial score (nSPS) is 25.4. The first-order chi connectivity index (χ1) is 12.1. The number of anilines is 1. The second-order valence-electron chi connectivity index (χ2n) is 7.30. The Morgan fingerprint density at radius 2 is 1.88 bits per heavy atom. The van der Waals surface area contributed by atoms with Gasteiger partial charge in [0, 0.05) is 45.0 Å². The summed E-state index contributed by atoms with van der Waals surface area (Å²) in [4.78, 5) is 21.3. The van der Waals surface area contributed by atoms with E-state index in [1.54, 1.807) is 13.4 Å². The first-order valence-electron chi connectivity index (χ1n) is 9.26. The van der Waals surface area contributed by atoms with Crippen LogP contribution in [-0.2, 0) is 7.05 Å². The second-order valence-corrected chi connectivity index (χ2v) is 7.30. The molecule has 25 heavy (non-hydrogen) atoms. The Morgan fingerprint density at radius 3 is 2.64 bits per heavy atom. The van der Waals surface area contributed by atoms with Gasteiger partial charge in [0.25, 0.3) is 5.56 Å². The molecule has 1 N–H and O–H groups in total. The molecule has 0 bridgehead atoms. The van der Waals surface area contributed by atoms with Gasteiger partial charge >= 0.3 is 0 Å². The SMILES string of the molecule is Cn1cnc2cc(N3CCN(C4CCCCC4O)CC3)ccc2c1=O. The third-order valence-electron chi connectivity index (χ3n) is 5.74. The molecule has 0 amide bonds. The smallest absolute Gasteiger partial charge is 0.260 e. The highest BCUT2D eigenvalue weighted by atomic mass is 16.3. The van der Waals surface area contributed by atoms with E-state index in [-0.39, 0.29) is 11.7 Å². The van der Waals surface area contributed by atoms with E-state index in [1.165, 1.54) is 11.0 Å². The van der Waals surface area contributed by atoms with Crippen molar-refractivity contribution in [2.75, 3.05) is 31.1 Å². The number of aryl methyl sites for hydroxylation is 1. The summed E-state index contributed by atoms with van der Waals surface area (Å²) in [6.07, 6.45) is 5.85. The van der Waals surface area contributed by atoms with Gasteiger partial charge in [-0.1, -0.05) is 12.8 Å². The molecule has 0 spiro atoms. The van der Waals surface area contributed by atoms with E-state index in [0.29, 0.717) is 11.4 Å². The minimum absolute atomic E-state index is 0.00680. The topological polar surface area (TPSA) is 61.6 Å². The number of hydrogen-bond donors (Lipinski definition) is 1. The number of aliphatic hydroxyl groups is 1. The molecular weight excluding hydrogens is 316 g/mol. The Bertz CT molecular complexity index is 811.